The monoisotopic (exact) mass is 382 g/mol. The third kappa shape index (κ3) is 10.6. The molecule has 2 heterocycles. The molecular weight excluding hydrogens is 362 g/mol. The second-order valence-electron chi connectivity index (χ2n) is 3.59. The zero-order valence-corrected chi connectivity index (χ0v) is 16.1. The molecule has 2 aliphatic heterocycles. The Morgan fingerprint density at radius 3 is 1.45 bits per heavy atom. The van der Waals surface area contributed by atoms with Gasteiger partial charge in [-0.2, -0.15) is 0 Å². The van der Waals surface area contributed by atoms with Crippen LogP contribution in [0.15, 0.2) is 45.2 Å². The summed E-state index contributed by atoms with van der Waals surface area (Å²) in [6.45, 7) is 0. The lowest BCUT2D eigenvalue weighted by Gasteiger charge is -2.19. The summed E-state index contributed by atoms with van der Waals surface area (Å²) in [5, 5.41) is 20.6. The number of thioether (sulfide) groups is 2. The van der Waals surface area contributed by atoms with Gasteiger partial charge < -0.3 is 18.7 Å². The van der Waals surface area contributed by atoms with Crippen molar-refractivity contribution in [1.29, 1.82) is 0 Å². The smallest absolute Gasteiger partial charge is 0.398 e. The Kier molecular flexibility index (Phi) is 13.3. The maximum absolute atomic E-state index is 10.1. The van der Waals surface area contributed by atoms with Gasteiger partial charge in [-0.25, -0.2) is 0 Å². The van der Waals surface area contributed by atoms with E-state index < -0.39 is 7.40 Å². The summed E-state index contributed by atoms with van der Waals surface area (Å²) in [5.41, 5.74) is 0. The Morgan fingerprint density at radius 1 is 0.955 bits per heavy atom. The lowest BCUT2D eigenvalue weighted by molar-refractivity contribution is 0.340. The average Bonchev–Trinajstić information content (AvgIpc) is 2.48. The first-order valence-corrected chi connectivity index (χ1v) is 10.2. The van der Waals surface area contributed by atoms with Crippen molar-refractivity contribution in [1.82, 2.24) is 8.61 Å². The fraction of sp³-hybridized carbons (Fsp3) is 0.333. The van der Waals surface area contributed by atoms with Gasteiger partial charge in [0.25, 0.3) is 0 Å². The van der Waals surface area contributed by atoms with Gasteiger partial charge in [0.15, 0.2) is 0 Å². The average molecular weight is 382 g/mol. The molecule has 22 heavy (non-hydrogen) atoms. The van der Waals surface area contributed by atoms with Gasteiger partial charge in [-0.1, -0.05) is 12.2 Å². The van der Waals surface area contributed by atoms with E-state index in [-0.39, 0.29) is 0 Å². The number of hydrogen-bond donors (Lipinski definition) is 2. The zero-order valence-electron chi connectivity index (χ0n) is 12.8. The summed E-state index contributed by atoms with van der Waals surface area (Å²) in [6.07, 6.45) is 12.5. The van der Waals surface area contributed by atoms with E-state index >= 15 is 0 Å². The normalized spacial score (nSPS) is 16.0. The highest BCUT2D eigenvalue weighted by Gasteiger charge is 2.03. The zero-order chi connectivity index (χ0) is 17.0. The Labute approximate surface area is 149 Å². The van der Waals surface area contributed by atoms with E-state index in [0.717, 1.165) is 0 Å². The van der Waals surface area contributed by atoms with E-state index in [1.807, 2.05) is 0 Å². The molecule has 0 aromatic heterocycles. The maximum atomic E-state index is 10.1. The first kappa shape index (κ1) is 21.9. The molecule has 0 fully saturated rings. The van der Waals surface area contributed by atoms with Gasteiger partial charge in [-0.15, -0.1) is 23.5 Å². The third-order valence-corrected chi connectivity index (χ3v) is 5.58. The number of halogens is 1. The van der Waals surface area contributed by atoms with Crippen molar-refractivity contribution in [2.24, 2.45) is 0 Å². The van der Waals surface area contributed by atoms with Crippen molar-refractivity contribution in [3.63, 3.8) is 0 Å². The Hall–Kier alpha value is -0.125. The maximum Gasteiger partial charge on any atom is 0.674 e. The van der Waals surface area contributed by atoms with Crippen LogP contribution in [0.1, 0.15) is 0 Å². The van der Waals surface area contributed by atoms with Crippen molar-refractivity contribution in [3.05, 3.63) is 45.2 Å². The SMILES string of the molecule is CSC1=CC=CSN1C.CSC1=CC=CSN1C.OB(O)F. The fourth-order valence-corrected chi connectivity index (χ4v) is 3.84. The molecule has 124 valence electrons. The van der Waals surface area contributed by atoms with Crippen LogP contribution in [-0.2, 0) is 0 Å². The highest BCUT2D eigenvalue weighted by atomic mass is 32.2. The third-order valence-electron chi connectivity index (χ3n) is 2.11. The lowest BCUT2D eigenvalue weighted by atomic mass is 10.3. The first-order chi connectivity index (χ1) is 10.4. The molecule has 0 saturated heterocycles. The highest BCUT2D eigenvalue weighted by Crippen LogP contribution is 2.27. The van der Waals surface area contributed by atoms with E-state index in [1.54, 1.807) is 47.4 Å². The predicted octanol–water partition coefficient (Wildman–Crippen LogP) is 3.52. The molecule has 0 unspecified atom stereocenters. The van der Waals surface area contributed by atoms with Gasteiger partial charge in [0.1, 0.15) is 0 Å². The Balaban J connectivity index is 0.000000326. The van der Waals surface area contributed by atoms with Crippen LogP contribution in [0.2, 0.25) is 0 Å². The minimum atomic E-state index is -2.67. The molecule has 0 saturated carbocycles. The van der Waals surface area contributed by atoms with Gasteiger partial charge in [-0.3, -0.25) is 4.32 Å². The molecule has 0 aliphatic carbocycles. The summed E-state index contributed by atoms with van der Waals surface area (Å²) in [4.78, 5) is 0. The van der Waals surface area contributed by atoms with Crippen molar-refractivity contribution >= 4 is 54.8 Å². The second kappa shape index (κ2) is 13.3. The van der Waals surface area contributed by atoms with E-state index in [1.165, 1.54) is 10.1 Å². The standard InChI is InChI=1S/2C6H9NS2.BFH2O2/c2*1-7-6(8-2)4-3-5-9-7;2-1(3)4/h2*3-5H,1-2H3;3-4H. The highest BCUT2D eigenvalue weighted by molar-refractivity contribution is 8.05. The molecule has 0 atom stereocenters. The minimum absolute atomic E-state index is 1.31. The van der Waals surface area contributed by atoms with Crippen molar-refractivity contribution < 1.29 is 14.4 Å². The summed E-state index contributed by atoms with van der Waals surface area (Å²) in [7, 11) is 1.47. The molecule has 4 nitrogen and oxygen atoms in total. The Morgan fingerprint density at radius 2 is 1.27 bits per heavy atom. The van der Waals surface area contributed by atoms with Gasteiger partial charge in [-0.05, 0) is 59.4 Å². The first-order valence-electron chi connectivity index (χ1n) is 6.05. The van der Waals surface area contributed by atoms with Crippen LogP contribution in [0.5, 0.6) is 0 Å². The van der Waals surface area contributed by atoms with E-state index in [9.17, 15) is 4.32 Å². The molecule has 0 aromatic rings. The summed E-state index contributed by atoms with van der Waals surface area (Å²) in [6, 6.07) is 0. The molecule has 0 amide bonds. The van der Waals surface area contributed by atoms with Crippen LogP contribution in [0.4, 0.5) is 4.32 Å². The molecular formula is C12H20BFN2O2S4. The second-order valence-corrected chi connectivity index (χ2v) is 7.31. The molecule has 0 bridgehead atoms. The van der Waals surface area contributed by atoms with Crippen molar-refractivity contribution in [2.45, 2.75) is 0 Å². The number of allylic oxidation sites excluding steroid dienone is 4. The van der Waals surface area contributed by atoms with Gasteiger partial charge >= 0.3 is 7.40 Å². The quantitative estimate of drug-likeness (QED) is 0.556. The topological polar surface area (TPSA) is 46.9 Å². The van der Waals surface area contributed by atoms with Crippen LogP contribution >= 0.6 is 47.4 Å². The van der Waals surface area contributed by atoms with Gasteiger partial charge in [0.2, 0.25) is 0 Å². The molecule has 0 radical (unpaired) electrons. The van der Waals surface area contributed by atoms with Gasteiger partial charge in [0.05, 0.1) is 10.1 Å². The lowest BCUT2D eigenvalue weighted by Crippen LogP contribution is -2.05. The number of hydrogen-bond acceptors (Lipinski definition) is 8. The molecule has 2 N–H and O–H groups in total. The van der Waals surface area contributed by atoms with Gasteiger partial charge in [0, 0.05) is 14.1 Å². The number of nitrogens with zero attached hydrogens (tertiary/aromatic N) is 2. The van der Waals surface area contributed by atoms with Crippen molar-refractivity contribution in [3.8, 4) is 0 Å². The largest absolute Gasteiger partial charge is 0.674 e. The molecule has 0 spiro atoms. The van der Waals surface area contributed by atoms with Crippen LogP contribution in [0.3, 0.4) is 0 Å². The summed E-state index contributed by atoms with van der Waals surface area (Å²) >= 11 is 6.97. The molecule has 0 aromatic carbocycles. The summed E-state index contributed by atoms with van der Waals surface area (Å²) in [5.74, 6) is 0. The fourth-order valence-electron chi connectivity index (χ4n) is 1.20. The van der Waals surface area contributed by atoms with E-state index in [4.69, 9.17) is 10.0 Å². The number of rotatable bonds is 2. The van der Waals surface area contributed by atoms with Crippen LogP contribution in [0, 0.1) is 0 Å². The van der Waals surface area contributed by atoms with E-state index in [0.29, 0.717) is 0 Å². The predicted molar refractivity (Wildman–Crippen MR) is 103 cm³/mol. The summed E-state index contributed by atoms with van der Waals surface area (Å²) < 4.78 is 14.4. The van der Waals surface area contributed by atoms with Crippen LogP contribution in [0.25, 0.3) is 0 Å². The Bertz CT molecular complexity index is 395. The molecule has 2 rings (SSSR count). The van der Waals surface area contributed by atoms with E-state index in [2.05, 4.69) is 70.3 Å². The van der Waals surface area contributed by atoms with Crippen LogP contribution in [-0.4, -0.2) is 52.7 Å². The minimum Gasteiger partial charge on any atom is -0.398 e. The molecule has 2 aliphatic rings. The molecule has 10 heteroatoms. The van der Waals surface area contributed by atoms with Crippen LogP contribution < -0.4 is 0 Å². The van der Waals surface area contributed by atoms with Crippen molar-refractivity contribution in [2.75, 3.05) is 26.6 Å².